The van der Waals surface area contributed by atoms with Crippen LogP contribution in [0.4, 0.5) is 5.13 Å². The summed E-state index contributed by atoms with van der Waals surface area (Å²) in [5, 5.41) is 8.47. The zero-order valence-electron chi connectivity index (χ0n) is 14.6. The van der Waals surface area contributed by atoms with Gasteiger partial charge in [-0.15, -0.1) is 11.3 Å². The molecule has 4 rings (SSSR count). The molecule has 0 radical (unpaired) electrons. The molecule has 0 aliphatic heterocycles. The standard InChI is InChI=1S/C21H16N2O3S/c1-13-12-27-21(22-13)23-18(24)11-26-20(25)19-16-8-4-2-6-14(16)10-15-7-3-5-9-17(15)19/h2-10,12H,11H2,1H3,(H,22,23,24). The van der Waals surface area contributed by atoms with Crippen LogP contribution in [0.15, 0.2) is 60.0 Å². The van der Waals surface area contributed by atoms with E-state index in [1.807, 2.05) is 66.9 Å². The van der Waals surface area contributed by atoms with E-state index in [1.165, 1.54) is 11.3 Å². The SMILES string of the molecule is Cc1csc(NC(=O)COC(=O)c2c3ccccc3cc3ccccc23)n1. The maximum atomic E-state index is 12.8. The molecule has 0 atom stereocenters. The molecule has 0 saturated heterocycles. The topological polar surface area (TPSA) is 68.3 Å². The van der Waals surface area contributed by atoms with Gasteiger partial charge in [-0.25, -0.2) is 9.78 Å². The molecule has 0 bridgehead atoms. The van der Waals surface area contributed by atoms with Gasteiger partial charge in [-0.2, -0.15) is 0 Å². The van der Waals surface area contributed by atoms with Gasteiger partial charge in [0.1, 0.15) is 0 Å². The van der Waals surface area contributed by atoms with E-state index in [-0.39, 0.29) is 6.61 Å². The van der Waals surface area contributed by atoms with E-state index in [2.05, 4.69) is 10.3 Å². The van der Waals surface area contributed by atoms with Gasteiger partial charge >= 0.3 is 5.97 Å². The first-order valence-corrected chi connectivity index (χ1v) is 9.29. The van der Waals surface area contributed by atoms with Crippen LogP contribution < -0.4 is 5.32 Å². The molecule has 134 valence electrons. The summed E-state index contributed by atoms with van der Waals surface area (Å²) in [6.07, 6.45) is 0. The highest BCUT2D eigenvalue weighted by atomic mass is 32.1. The minimum Gasteiger partial charge on any atom is -0.452 e. The number of nitrogens with zero attached hydrogens (tertiary/aromatic N) is 1. The smallest absolute Gasteiger partial charge is 0.339 e. The van der Waals surface area contributed by atoms with Crippen molar-refractivity contribution in [3.05, 3.63) is 71.2 Å². The zero-order chi connectivity index (χ0) is 18.8. The number of amides is 1. The summed E-state index contributed by atoms with van der Waals surface area (Å²) in [5.41, 5.74) is 1.30. The number of carbonyl (C=O) groups is 2. The summed E-state index contributed by atoms with van der Waals surface area (Å²) in [6, 6.07) is 17.3. The van der Waals surface area contributed by atoms with Crippen LogP contribution >= 0.6 is 11.3 Å². The van der Waals surface area contributed by atoms with E-state index >= 15 is 0 Å². The summed E-state index contributed by atoms with van der Waals surface area (Å²) in [5.74, 6) is -0.935. The first-order chi connectivity index (χ1) is 13.1. The monoisotopic (exact) mass is 376 g/mol. The summed E-state index contributed by atoms with van der Waals surface area (Å²) < 4.78 is 5.31. The summed E-state index contributed by atoms with van der Waals surface area (Å²) in [4.78, 5) is 29.0. The number of hydrogen-bond donors (Lipinski definition) is 1. The van der Waals surface area contributed by atoms with E-state index in [0.717, 1.165) is 27.2 Å². The predicted octanol–water partition coefficient (Wildman–Crippen LogP) is 4.55. The van der Waals surface area contributed by atoms with Crippen molar-refractivity contribution < 1.29 is 14.3 Å². The lowest BCUT2D eigenvalue weighted by atomic mass is 9.97. The zero-order valence-corrected chi connectivity index (χ0v) is 15.4. The van der Waals surface area contributed by atoms with Crippen molar-refractivity contribution in [1.29, 1.82) is 0 Å². The molecule has 0 fully saturated rings. The second kappa shape index (κ2) is 7.17. The van der Waals surface area contributed by atoms with Gasteiger partial charge in [-0.3, -0.25) is 10.1 Å². The van der Waals surface area contributed by atoms with E-state index in [4.69, 9.17) is 4.74 Å². The molecule has 27 heavy (non-hydrogen) atoms. The van der Waals surface area contributed by atoms with Gasteiger partial charge in [0, 0.05) is 5.38 Å². The van der Waals surface area contributed by atoms with E-state index in [1.54, 1.807) is 0 Å². The molecule has 1 N–H and O–H groups in total. The fourth-order valence-electron chi connectivity index (χ4n) is 3.00. The molecular weight excluding hydrogens is 360 g/mol. The van der Waals surface area contributed by atoms with Crippen molar-refractivity contribution in [2.45, 2.75) is 6.92 Å². The number of ether oxygens (including phenoxy) is 1. The third-order valence-corrected chi connectivity index (χ3v) is 5.05. The van der Waals surface area contributed by atoms with Gasteiger partial charge in [0.05, 0.1) is 11.3 Å². The second-order valence-corrected chi connectivity index (χ2v) is 6.97. The number of anilines is 1. The Morgan fingerprint density at radius 3 is 2.26 bits per heavy atom. The molecule has 0 spiro atoms. The van der Waals surface area contributed by atoms with Crippen molar-refractivity contribution in [1.82, 2.24) is 4.98 Å². The number of benzene rings is 3. The Bertz CT molecular complexity index is 1110. The number of fused-ring (bicyclic) bond motifs is 2. The highest BCUT2D eigenvalue weighted by Gasteiger charge is 2.17. The molecule has 3 aromatic carbocycles. The van der Waals surface area contributed by atoms with Crippen molar-refractivity contribution in [2.75, 3.05) is 11.9 Å². The summed E-state index contributed by atoms with van der Waals surface area (Å²) in [7, 11) is 0. The third kappa shape index (κ3) is 3.52. The third-order valence-electron chi connectivity index (χ3n) is 4.18. The lowest BCUT2D eigenvalue weighted by molar-refractivity contribution is -0.119. The summed E-state index contributed by atoms with van der Waals surface area (Å²) >= 11 is 1.33. The van der Waals surface area contributed by atoms with Crippen LogP contribution in [-0.4, -0.2) is 23.5 Å². The van der Waals surface area contributed by atoms with Crippen LogP contribution in [0.25, 0.3) is 21.5 Å². The quantitative estimate of drug-likeness (QED) is 0.419. The Hall–Kier alpha value is -3.25. The van der Waals surface area contributed by atoms with E-state index in [9.17, 15) is 9.59 Å². The Labute approximate surface area is 159 Å². The molecule has 6 heteroatoms. The van der Waals surface area contributed by atoms with Crippen LogP contribution in [0.5, 0.6) is 0 Å². The Morgan fingerprint density at radius 1 is 1.04 bits per heavy atom. The van der Waals surface area contributed by atoms with E-state index < -0.39 is 11.9 Å². The van der Waals surface area contributed by atoms with Gasteiger partial charge in [0.25, 0.3) is 5.91 Å². The number of aryl methyl sites for hydroxylation is 1. The minimum atomic E-state index is -0.520. The van der Waals surface area contributed by atoms with Crippen LogP contribution in [0.2, 0.25) is 0 Å². The molecule has 1 aromatic heterocycles. The van der Waals surface area contributed by atoms with Crippen LogP contribution in [0.1, 0.15) is 16.1 Å². The Kier molecular flexibility index (Phi) is 4.56. The fraction of sp³-hybridized carbons (Fsp3) is 0.0952. The van der Waals surface area contributed by atoms with Gasteiger partial charge in [0.15, 0.2) is 11.7 Å². The molecular formula is C21H16N2O3S. The van der Waals surface area contributed by atoms with Crippen LogP contribution in [0, 0.1) is 6.92 Å². The minimum absolute atomic E-state index is 0.366. The molecule has 5 nitrogen and oxygen atoms in total. The van der Waals surface area contributed by atoms with E-state index in [0.29, 0.717) is 10.7 Å². The normalized spacial score (nSPS) is 10.9. The molecule has 4 aromatic rings. The predicted molar refractivity (Wildman–Crippen MR) is 107 cm³/mol. The number of esters is 1. The van der Waals surface area contributed by atoms with Crippen molar-refractivity contribution in [3.63, 3.8) is 0 Å². The van der Waals surface area contributed by atoms with Gasteiger partial charge in [0.2, 0.25) is 0 Å². The summed E-state index contributed by atoms with van der Waals surface area (Å²) in [6.45, 7) is 1.48. The maximum Gasteiger partial charge on any atom is 0.339 e. The average Bonchev–Trinajstić information content (AvgIpc) is 3.08. The van der Waals surface area contributed by atoms with Gasteiger partial charge in [-0.1, -0.05) is 48.5 Å². The molecule has 1 heterocycles. The van der Waals surface area contributed by atoms with Gasteiger partial charge in [-0.05, 0) is 34.5 Å². The van der Waals surface area contributed by atoms with Crippen molar-refractivity contribution in [2.24, 2.45) is 0 Å². The fourth-order valence-corrected chi connectivity index (χ4v) is 3.71. The highest BCUT2D eigenvalue weighted by Crippen LogP contribution is 2.29. The second-order valence-electron chi connectivity index (χ2n) is 6.11. The first kappa shape index (κ1) is 17.2. The number of hydrogen-bond acceptors (Lipinski definition) is 5. The maximum absolute atomic E-state index is 12.8. The Morgan fingerprint density at radius 2 is 1.67 bits per heavy atom. The van der Waals surface area contributed by atoms with Crippen LogP contribution in [-0.2, 0) is 9.53 Å². The Balaban J connectivity index is 1.60. The molecule has 0 aliphatic carbocycles. The average molecular weight is 376 g/mol. The molecule has 1 amide bonds. The lowest BCUT2D eigenvalue weighted by Gasteiger charge is -2.11. The van der Waals surface area contributed by atoms with Gasteiger partial charge < -0.3 is 4.74 Å². The number of nitrogens with one attached hydrogen (secondary N) is 1. The number of aromatic nitrogens is 1. The lowest BCUT2D eigenvalue weighted by Crippen LogP contribution is -2.21. The number of rotatable bonds is 4. The molecule has 0 unspecified atom stereocenters. The first-order valence-electron chi connectivity index (χ1n) is 8.41. The highest BCUT2D eigenvalue weighted by molar-refractivity contribution is 7.13. The molecule has 0 saturated carbocycles. The molecule has 0 aliphatic rings. The van der Waals surface area contributed by atoms with Crippen LogP contribution in [0.3, 0.4) is 0 Å². The largest absolute Gasteiger partial charge is 0.452 e. The van der Waals surface area contributed by atoms with Crippen molar-refractivity contribution >= 4 is 49.9 Å². The van der Waals surface area contributed by atoms with Crippen molar-refractivity contribution in [3.8, 4) is 0 Å². The number of thiazole rings is 1. The number of carbonyl (C=O) groups excluding carboxylic acids is 2.